The van der Waals surface area contributed by atoms with Gasteiger partial charge in [-0.15, -0.1) is 11.3 Å². The minimum absolute atomic E-state index is 0.369. The number of rotatable bonds is 5. The molecule has 1 aliphatic rings. The number of aromatic amines is 1. The summed E-state index contributed by atoms with van der Waals surface area (Å²) < 4.78 is 0. The molecule has 136 valence electrons. The van der Waals surface area contributed by atoms with Crippen LogP contribution in [0.2, 0.25) is 0 Å². The zero-order valence-electron chi connectivity index (χ0n) is 15.1. The number of nitrogens with zero attached hydrogens (tertiary/aromatic N) is 5. The lowest BCUT2D eigenvalue weighted by Gasteiger charge is -2.32. The minimum atomic E-state index is 0.369. The Bertz CT molecular complexity index is 872. The second-order valence-electron chi connectivity index (χ2n) is 6.79. The molecule has 0 bridgehead atoms. The van der Waals surface area contributed by atoms with E-state index >= 15 is 0 Å². The minimum Gasteiger partial charge on any atom is -0.315 e. The molecule has 2 N–H and O–H groups in total. The first kappa shape index (κ1) is 17.1. The van der Waals surface area contributed by atoms with Gasteiger partial charge in [-0.3, -0.25) is 15.0 Å². The van der Waals surface area contributed by atoms with E-state index in [1.165, 1.54) is 10.4 Å². The van der Waals surface area contributed by atoms with E-state index in [-0.39, 0.29) is 0 Å². The maximum absolute atomic E-state index is 4.66. The summed E-state index contributed by atoms with van der Waals surface area (Å²) in [7, 11) is 0. The molecule has 1 unspecified atom stereocenters. The van der Waals surface area contributed by atoms with Gasteiger partial charge in [0.2, 0.25) is 0 Å². The molecule has 3 aromatic heterocycles. The molecule has 4 heterocycles. The highest BCUT2D eigenvalue weighted by atomic mass is 32.1. The molecule has 1 fully saturated rings. The molecule has 7 nitrogen and oxygen atoms in total. The highest BCUT2D eigenvalue weighted by molar-refractivity contribution is 7.15. The Morgan fingerprint density at radius 3 is 2.88 bits per heavy atom. The first-order valence-corrected chi connectivity index (χ1v) is 9.72. The maximum Gasteiger partial charge on any atom is 0.188 e. The fraction of sp³-hybridized carbons (Fsp3) is 0.444. The van der Waals surface area contributed by atoms with Gasteiger partial charge in [0.25, 0.3) is 0 Å². The molecular formula is C18H23N7S. The highest BCUT2D eigenvalue weighted by Crippen LogP contribution is 2.32. The molecule has 8 heteroatoms. The molecule has 3 aromatic rings. The third kappa shape index (κ3) is 3.76. The Labute approximate surface area is 156 Å². The number of aromatic nitrogens is 5. The normalized spacial score (nSPS) is 18.2. The van der Waals surface area contributed by atoms with Gasteiger partial charge in [0, 0.05) is 53.7 Å². The summed E-state index contributed by atoms with van der Waals surface area (Å²) >= 11 is 1.63. The van der Waals surface area contributed by atoms with Crippen LogP contribution in [-0.2, 0) is 6.54 Å². The Hall–Kier alpha value is -2.32. The second-order valence-corrected chi connectivity index (χ2v) is 8.02. The summed E-state index contributed by atoms with van der Waals surface area (Å²) in [6.45, 7) is 7.14. The highest BCUT2D eigenvalue weighted by Gasteiger charge is 2.25. The summed E-state index contributed by atoms with van der Waals surface area (Å²) in [5, 5.41) is 11.4. The van der Waals surface area contributed by atoms with Gasteiger partial charge in [0.05, 0.1) is 11.9 Å². The van der Waals surface area contributed by atoms with Gasteiger partial charge < -0.3 is 5.32 Å². The van der Waals surface area contributed by atoms with E-state index in [1.807, 2.05) is 12.4 Å². The van der Waals surface area contributed by atoms with Crippen molar-refractivity contribution >= 4 is 22.3 Å². The molecular weight excluding hydrogens is 346 g/mol. The van der Waals surface area contributed by atoms with Crippen LogP contribution in [-0.4, -0.2) is 43.1 Å². The van der Waals surface area contributed by atoms with Crippen molar-refractivity contribution in [1.82, 2.24) is 30.0 Å². The summed E-state index contributed by atoms with van der Waals surface area (Å²) in [5.41, 5.74) is 3.45. The zero-order valence-corrected chi connectivity index (χ0v) is 15.9. The van der Waals surface area contributed by atoms with Crippen LogP contribution in [0.3, 0.4) is 0 Å². The molecule has 0 spiro atoms. The fourth-order valence-corrected chi connectivity index (χ4v) is 4.12. The number of piperidine rings is 1. The SMILES string of the molecule is Cc1cnc(Nc2nccnc2C2CCCN(Cc3cn[nH]c3C)C2)s1. The van der Waals surface area contributed by atoms with Crippen molar-refractivity contribution in [3.63, 3.8) is 0 Å². The number of hydrogen-bond acceptors (Lipinski definition) is 7. The standard InChI is InChI=1S/C18H23N7S/c1-12-8-21-18(26-12)23-17-16(19-5-6-20-17)14-4-3-7-25(10-14)11-15-9-22-24-13(15)2/h5-6,8-9,14H,3-4,7,10-11H2,1-2H3,(H,22,24)(H,20,21,23). The maximum atomic E-state index is 4.66. The third-order valence-corrected chi connectivity index (χ3v) is 5.62. The van der Waals surface area contributed by atoms with Gasteiger partial charge in [0.15, 0.2) is 10.9 Å². The van der Waals surface area contributed by atoms with Gasteiger partial charge in [-0.2, -0.15) is 5.10 Å². The monoisotopic (exact) mass is 369 g/mol. The molecule has 0 radical (unpaired) electrons. The summed E-state index contributed by atoms with van der Waals surface area (Å²) in [5.74, 6) is 1.20. The Morgan fingerprint density at radius 1 is 1.23 bits per heavy atom. The van der Waals surface area contributed by atoms with Crippen LogP contribution in [0.5, 0.6) is 0 Å². The number of anilines is 2. The molecule has 1 saturated heterocycles. The summed E-state index contributed by atoms with van der Waals surface area (Å²) in [4.78, 5) is 17.2. The molecule has 1 aliphatic heterocycles. The van der Waals surface area contributed by atoms with Gasteiger partial charge in [-0.25, -0.2) is 9.97 Å². The van der Waals surface area contributed by atoms with E-state index in [0.29, 0.717) is 5.92 Å². The Morgan fingerprint density at radius 2 is 2.12 bits per heavy atom. The predicted octanol–water partition coefficient (Wildman–Crippen LogP) is 3.40. The molecule has 0 aromatic carbocycles. The van der Waals surface area contributed by atoms with Crippen LogP contribution in [0.25, 0.3) is 0 Å². The lowest BCUT2D eigenvalue weighted by atomic mass is 9.94. The van der Waals surface area contributed by atoms with Crippen molar-refractivity contribution in [3.05, 3.63) is 46.6 Å². The van der Waals surface area contributed by atoms with E-state index in [0.717, 1.165) is 54.8 Å². The van der Waals surface area contributed by atoms with E-state index in [2.05, 4.69) is 49.2 Å². The average Bonchev–Trinajstić information content (AvgIpc) is 3.24. The molecule has 4 rings (SSSR count). The van der Waals surface area contributed by atoms with Crippen molar-refractivity contribution in [2.75, 3.05) is 18.4 Å². The largest absolute Gasteiger partial charge is 0.315 e. The van der Waals surface area contributed by atoms with Gasteiger partial charge in [-0.05, 0) is 33.2 Å². The van der Waals surface area contributed by atoms with Gasteiger partial charge in [-0.1, -0.05) is 0 Å². The van der Waals surface area contributed by atoms with Crippen LogP contribution in [0.15, 0.2) is 24.8 Å². The number of H-pyrrole nitrogens is 1. The Kier molecular flexibility index (Phi) is 4.94. The zero-order chi connectivity index (χ0) is 17.9. The van der Waals surface area contributed by atoms with Crippen molar-refractivity contribution in [3.8, 4) is 0 Å². The quantitative estimate of drug-likeness (QED) is 0.717. The number of likely N-dealkylation sites (tertiary alicyclic amines) is 1. The Balaban J connectivity index is 1.50. The fourth-order valence-electron chi connectivity index (χ4n) is 3.46. The van der Waals surface area contributed by atoms with Crippen molar-refractivity contribution in [1.29, 1.82) is 0 Å². The van der Waals surface area contributed by atoms with Crippen LogP contribution < -0.4 is 5.32 Å². The molecule has 26 heavy (non-hydrogen) atoms. The van der Waals surface area contributed by atoms with Crippen LogP contribution >= 0.6 is 11.3 Å². The van der Waals surface area contributed by atoms with Crippen molar-refractivity contribution in [2.24, 2.45) is 0 Å². The van der Waals surface area contributed by atoms with Crippen LogP contribution in [0.1, 0.15) is 40.6 Å². The van der Waals surface area contributed by atoms with E-state index in [4.69, 9.17) is 0 Å². The smallest absolute Gasteiger partial charge is 0.188 e. The topological polar surface area (TPSA) is 82.6 Å². The first-order chi connectivity index (χ1) is 12.7. The van der Waals surface area contributed by atoms with Gasteiger partial charge in [0.1, 0.15) is 0 Å². The number of aryl methyl sites for hydroxylation is 2. The average molecular weight is 369 g/mol. The van der Waals surface area contributed by atoms with Crippen LogP contribution in [0, 0.1) is 13.8 Å². The first-order valence-electron chi connectivity index (χ1n) is 8.90. The molecule has 0 aliphatic carbocycles. The lowest BCUT2D eigenvalue weighted by Crippen LogP contribution is -2.34. The molecule has 0 amide bonds. The van der Waals surface area contributed by atoms with E-state index in [9.17, 15) is 0 Å². The lowest BCUT2D eigenvalue weighted by molar-refractivity contribution is 0.198. The van der Waals surface area contributed by atoms with E-state index < -0.39 is 0 Å². The summed E-state index contributed by atoms with van der Waals surface area (Å²) in [6, 6.07) is 0. The van der Waals surface area contributed by atoms with Crippen molar-refractivity contribution in [2.45, 2.75) is 39.2 Å². The van der Waals surface area contributed by atoms with Crippen molar-refractivity contribution < 1.29 is 0 Å². The third-order valence-electron chi connectivity index (χ3n) is 4.79. The van der Waals surface area contributed by atoms with E-state index in [1.54, 1.807) is 23.7 Å². The number of hydrogen-bond donors (Lipinski definition) is 2. The molecule has 1 atom stereocenters. The second kappa shape index (κ2) is 7.51. The van der Waals surface area contributed by atoms with Crippen LogP contribution in [0.4, 0.5) is 10.9 Å². The molecule has 0 saturated carbocycles. The van der Waals surface area contributed by atoms with Gasteiger partial charge >= 0.3 is 0 Å². The predicted molar refractivity (Wildman–Crippen MR) is 103 cm³/mol. The number of nitrogens with one attached hydrogen (secondary N) is 2. The number of thiazole rings is 1. The summed E-state index contributed by atoms with van der Waals surface area (Å²) in [6.07, 6.45) is 9.62.